The Bertz CT molecular complexity index is 1320. The molecule has 3 aromatic rings. The smallest absolute Gasteiger partial charge is 0.255 e. The molecule has 38 heavy (non-hydrogen) atoms. The Labute approximate surface area is 231 Å². The van der Waals surface area contributed by atoms with Crippen molar-refractivity contribution in [3.05, 3.63) is 53.3 Å². The number of carbonyl (C=O) groups excluding carboxylic acids is 1. The molecule has 1 aromatic heterocycles. The molecule has 1 aliphatic carbocycles. The van der Waals surface area contributed by atoms with Crippen LogP contribution in [0.5, 0.6) is 0 Å². The maximum Gasteiger partial charge on any atom is 0.255 e. The van der Waals surface area contributed by atoms with Crippen LogP contribution in [0, 0.1) is 5.82 Å². The number of furan rings is 1. The average molecular weight is 559 g/mol. The molecule has 5 rings (SSSR count). The number of anilines is 1. The SMILES string of the molecule is CNC(=O)c1c(-c2ccc(F)cc2)oc2cc(N(C)SC)c([C@@H]3CCCN([SH+](=O)C4CCCCC4)C3)cc12. The maximum atomic E-state index is 13.6. The van der Waals surface area contributed by atoms with Gasteiger partial charge in [-0.1, -0.05) is 22.6 Å². The van der Waals surface area contributed by atoms with E-state index in [2.05, 4.69) is 20.0 Å². The molecule has 6 nitrogen and oxygen atoms in total. The summed E-state index contributed by atoms with van der Waals surface area (Å²) in [5.41, 5.74) is 3.89. The summed E-state index contributed by atoms with van der Waals surface area (Å²) in [5, 5.41) is 3.80. The number of nitrogens with zero attached hydrogens (tertiary/aromatic N) is 2. The number of carbonyl (C=O) groups is 1. The van der Waals surface area contributed by atoms with Crippen molar-refractivity contribution >= 4 is 45.5 Å². The first kappa shape index (κ1) is 27.2. The van der Waals surface area contributed by atoms with Crippen molar-refractivity contribution in [3.8, 4) is 11.3 Å². The highest BCUT2D eigenvalue weighted by Gasteiger charge is 2.36. The van der Waals surface area contributed by atoms with Crippen LogP contribution in [0.2, 0.25) is 0 Å². The minimum atomic E-state index is -1.39. The first-order valence-electron chi connectivity index (χ1n) is 13.5. The molecule has 0 radical (unpaired) electrons. The molecule has 2 fully saturated rings. The summed E-state index contributed by atoms with van der Waals surface area (Å²) in [6.07, 6.45) is 9.78. The van der Waals surface area contributed by atoms with E-state index in [4.69, 9.17) is 4.42 Å². The lowest BCUT2D eigenvalue weighted by Crippen LogP contribution is -2.40. The molecule has 1 unspecified atom stereocenters. The summed E-state index contributed by atoms with van der Waals surface area (Å²) in [7, 11) is 2.24. The number of amides is 1. The van der Waals surface area contributed by atoms with Gasteiger partial charge in [0.2, 0.25) is 0 Å². The van der Waals surface area contributed by atoms with Gasteiger partial charge in [0.05, 0.1) is 17.8 Å². The molecule has 0 bridgehead atoms. The number of piperidine rings is 1. The van der Waals surface area contributed by atoms with Gasteiger partial charge in [-0.15, -0.1) is 4.31 Å². The zero-order valence-electron chi connectivity index (χ0n) is 22.3. The summed E-state index contributed by atoms with van der Waals surface area (Å²) in [4.78, 5) is 13.1. The van der Waals surface area contributed by atoms with E-state index in [0.717, 1.165) is 55.4 Å². The van der Waals surface area contributed by atoms with Crippen molar-refractivity contribution < 1.29 is 17.8 Å². The highest BCUT2D eigenvalue weighted by atomic mass is 32.2. The van der Waals surface area contributed by atoms with Crippen molar-refractivity contribution in [3.63, 3.8) is 0 Å². The zero-order valence-corrected chi connectivity index (χ0v) is 24.0. The average Bonchev–Trinajstić information content (AvgIpc) is 3.34. The second-order valence-electron chi connectivity index (χ2n) is 10.3. The van der Waals surface area contributed by atoms with E-state index in [1.54, 1.807) is 31.1 Å². The molecule has 2 heterocycles. The Balaban J connectivity index is 1.58. The van der Waals surface area contributed by atoms with Gasteiger partial charge in [0.15, 0.2) is 0 Å². The van der Waals surface area contributed by atoms with Crippen LogP contribution in [0.15, 0.2) is 40.8 Å². The van der Waals surface area contributed by atoms with Crippen LogP contribution in [0.4, 0.5) is 10.1 Å². The number of hydrogen-bond donors (Lipinski definition) is 1. The largest absolute Gasteiger partial charge is 0.455 e. The Hall–Kier alpha value is -2.36. The molecular formula is C29H37FN3O3S2+. The third-order valence-electron chi connectivity index (χ3n) is 8.02. The van der Waals surface area contributed by atoms with Crippen molar-refractivity contribution in [2.75, 3.05) is 37.7 Å². The Morgan fingerprint density at radius 2 is 1.87 bits per heavy atom. The molecule has 1 saturated heterocycles. The first-order valence-corrected chi connectivity index (χ1v) is 15.9. The first-order chi connectivity index (χ1) is 18.4. The van der Waals surface area contributed by atoms with Gasteiger partial charge in [-0.05, 0) is 74.4 Å². The van der Waals surface area contributed by atoms with E-state index in [1.165, 1.54) is 31.4 Å². The van der Waals surface area contributed by atoms with Crippen LogP contribution in [0.1, 0.15) is 66.8 Å². The minimum Gasteiger partial charge on any atom is -0.455 e. The van der Waals surface area contributed by atoms with Crippen LogP contribution in [-0.2, 0) is 15.2 Å². The molecule has 1 N–H and O–H groups in total. The van der Waals surface area contributed by atoms with E-state index in [0.29, 0.717) is 27.7 Å². The molecule has 2 atom stereocenters. The van der Waals surface area contributed by atoms with Gasteiger partial charge in [0, 0.05) is 49.8 Å². The van der Waals surface area contributed by atoms with Crippen LogP contribution in [-0.4, -0.2) is 48.9 Å². The summed E-state index contributed by atoms with van der Waals surface area (Å²) < 4.78 is 37.8. The van der Waals surface area contributed by atoms with E-state index < -0.39 is 11.0 Å². The van der Waals surface area contributed by atoms with Crippen LogP contribution >= 0.6 is 11.9 Å². The van der Waals surface area contributed by atoms with Gasteiger partial charge in [-0.25, -0.2) is 4.39 Å². The Morgan fingerprint density at radius 3 is 2.55 bits per heavy atom. The highest BCUT2D eigenvalue weighted by molar-refractivity contribution is 7.99. The summed E-state index contributed by atoms with van der Waals surface area (Å²) in [5.74, 6) is 0.0403. The van der Waals surface area contributed by atoms with Gasteiger partial charge >= 0.3 is 0 Å². The lowest BCUT2D eigenvalue weighted by Gasteiger charge is -2.33. The van der Waals surface area contributed by atoms with Crippen molar-refractivity contribution in [2.45, 2.75) is 56.1 Å². The predicted molar refractivity (Wildman–Crippen MR) is 157 cm³/mol. The van der Waals surface area contributed by atoms with E-state index in [9.17, 15) is 13.4 Å². The number of thiol groups is 1. The summed E-state index contributed by atoms with van der Waals surface area (Å²) in [6.45, 7) is 1.63. The third kappa shape index (κ3) is 5.38. The van der Waals surface area contributed by atoms with Crippen molar-refractivity contribution in [1.82, 2.24) is 9.62 Å². The Morgan fingerprint density at radius 1 is 1.13 bits per heavy atom. The fourth-order valence-corrected chi connectivity index (χ4v) is 8.25. The fraction of sp³-hybridized carbons (Fsp3) is 0.483. The molecule has 2 aliphatic rings. The standard InChI is InChI=1S/C29H36FN3O3S2/c1-31-29(34)27-24-16-23(20-8-7-15-33(18-20)38(35)22-9-5-4-6-10-22)25(32(2)37-3)17-26(24)36-28(27)19-11-13-21(30)14-12-19/h11-14,16-17,20,22H,4-10,15,18H2,1-3H3,(H,31,34)/p+1/t20-,38?/m1/s1. The van der Waals surface area contributed by atoms with Gasteiger partial charge in [-0.2, -0.15) is 0 Å². The molecule has 2 aromatic carbocycles. The second kappa shape index (κ2) is 11.8. The summed E-state index contributed by atoms with van der Waals surface area (Å²) >= 11 is 1.61. The third-order valence-corrected chi connectivity index (χ3v) is 10.8. The maximum absolute atomic E-state index is 13.6. The molecule has 0 spiro atoms. The molecule has 9 heteroatoms. The van der Waals surface area contributed by atoms with E-state index >= 15 is 0 Å². The quantitative estimate of drug-likeness (QED) is 0.206. The number of hydrogen-bond acceptors (Lipinski definition) is 5. The van der Waals surface area contributed by atoms with Crippen LogP contribution in [0.3, 0.4) is 0 Å². The van der Waals surface area contributed by atoms with Gasteiger partial charge in [0.1, 0.15) is 33.4 Å². The summed E-state index contributed by atoms with van der Waals surface area (Å²) in [6, 6.07) is 10.1. The number of benzene rings is 2. The van der Waals surface area contributed by atoms with Crippen molar-refractivity contribution in [1.29, 1.82) is 0 Å². The monoisotopic (exact) mass is 558 g/mol. The molecule has 204 valence electrons. The number of halogens is 1. The van der Waals surface area contributed by atoms with Gasteiger partial charge in [-0.3, -0.25) is 4.79 Å². The molecule has 1 aliphatic heterocycles. The predicted octanol–water partition coefficient (Wildman–Crippen LogP) is 6.44. The topological polar surface area (TPSA) is 65.8 Å². The van der Waals surface area contributed by atoms with E-state index in [-0.39, 0.29) is 17.6 Å². The Kier molecular flexibility index (Phi) is 8.45. The normalized spacial score (nSPS) is 19.9. The molecule has 1 amide bonds. The number of rotatable bonds is 7. The lowest BCUT2D eigenvalue weighted by atomic mass is 9.89. The lowest BCUT2D eigenvalue weighted by molar-refractivity contribution is 0.0964. The molecular weight excluding hydrogens is 521 g/mol. The van der Waals surface area contributed by atoms with Crippen LogP contribution < -0.4 is 9.62 Å². The number of fused-ring (bicyclic) bond motifs is 1. The van der Waals surface area contributed by atoms with Crippen molar-refractivity contribution in [2.24, 2.45) is 0 Å². The zero-order chi connectivity index (χ0) is 26.8. The minimum absolute atomic E-state index is 0.196. The second-order valence-corrected chi connectivity index (χ2v) is 13.1. The van der Waals surface area contributed by atoms with Gasteiger partial charge in [0.25, 0.3) is 5.91 Å². The number of nitrogens with one attached hydrogen (secondary N) is 1. The van der Waals surface area contributed by atoms with Gasteiger partial charge < -0.3 is 14.0 Å². The molecule has 1 saturated carbocycles. The van der Waals surface area contributed by atoms with Crippen LogP contribution in [0.25, 0.3) is 22.3 Å². The fourth-order valence-electron chi connectivity index (χ4n) is 5.92. The highest BCUT2D eigenvalue weighted by Crippen LogP contribution is 2.42. The van der Waals surface area contributed by atoms with E-state index in [1.807, 2.05) is 19.4 Å².